The smallest absolute Gasteiger partial charge is 0.0166 e. The van der Waals surface area contributed by atoms with Crippen LogP contribution in [-0.4, -0.2) is 37.1 Å². The molecule has 94 valence electrons. The molecule has 0 radical (unpaired) electrons. The summed E-state index contributed by atoms with van der Waals surface area (Å²) < 4.78 is 0. The number of rotatable bonds is 3. The van der Waals surface area contributed by atoms with Gasteiger partial charge in [-0.15, -0.1) is 0 Å². The first kappa shape index (κ1) is 12.6. The summed E-state index contributed by atoms with van der Waals surface area (Å²) in [7, 11) is 0. The van der Waals surface area contributed by atoms with Gasteiger partial charge in [0.1, 0.15) is 0 Å². The molecule has 0 aliphatic carbocycles. The Labute approximate surface area is 105 Å². The minimum atomic E-state index is 0.625. The molecule has 1 aliphatic heterocycles. The Balaban J connectivity index is 1.91. The van der Waals surface area contributed by atoms with Crippen molar-refractivity contribution in [1.82, 2.24) is 10.2 Å². The molecule has 2 atom stereocenters. The molecule has 1 aliphatic rings. The molecule has 1 fully saturated rings. The van der Waals surface area contributed by atoms with E-state index in [1.807, 2.05) is 0 Å². The van der Waals surface area contributed by atoms with Crippen LogP contribution in [0.3, 0.4) is 0 Å². The van der Waals surface area contributed by atoms with Crippen molar-refractivity contribution in [1.29, 1.82) is 0 Å². The summed E-state index contributed by atoms with van der Waals surface area (Å²) in [6.07, 6.45) is 1.27. The predicted molar refractivity (Wildman–Crippen MR) is 73.4 cm³/mol. The van der Waals surface area contributed by atoms with Crippen molar-refractivity contribution in [2.45, 2.75) is 32.2 Å². The largest absolute Gasteiger partial charge is 0.313 e. The maximum Gasteiger partial charge on any atom is 0.0166 e. The third-order valence-corrected chi connectivity index (χ3v) is 3.58. The van der Waals surface area contributed by atoms with Crippen LogP contribution in [0, 0.1) is 0 Å². The molecular formula is C15H24N2. The number of nitrogens with one attached hydrogen (secondary N) is 1. The summed E-state index contributed by atoms with van der Waals surface area (Å²) in [6.45, 7) is 9.36. The molecular weight excluding hydrogens is 208 g/mol. The van der Waals surface area contributed by atoms with Crippen LogP contribution in [0.5, 0.6) is 0 Å². The average Bonchev–Trinajstić information content (AvgIpc) is 2.55. The van der Waals surface area contributed by atoms with E-state index in [1.54, 1.807) is 0 Å². The Bertz CT molecular complexity index is 323. The molecule has 1 aromatic rings. The van der Waals surface area contributed by atoms with Crippen LogP contribution >= 0.6 is 0 Å². The molecule has 2 unspecified atom stereocenters. The van der Waals surface area contributed by atoms with E-state index in [4.69, 9.17) is 0 Å². The maximum absolute atomic E-state index is 3.55. The van der Waals surface area contributed by atoms with Gasteiger partial charge in [-0.3, -0.25) is 0 Å². The standard InChI is InChI=1S/C15H24N2/c1-13(15-7-4-3-5-8-15)11-17-10-6-9-16-14(2)12-17/h3-5,7-8,13-14,16H,6,9-12H2,1-2H3. The lowest BCUT2D eigenvalue weighted by atomic mass is 10.0. The Morgan fingerprint density at radius 3 is 2.88 bits per heavy atom. The second-order valence-corrected chi connectivity index (χ2v) is 5.28. The van der Waals surface area contributed by atoms with Crippen molar-refractivity contribution in [3.05, 3.63) is 35.9 Å². The van der Waals surface area contributed by atoms with E-state index >= 15 is 0 Å². The first-order chi connectivity index (χ1) is 8.25. The Hall–Kier alpha value is -0.860. The van der Waals surface area contributed by atoms with Gasteiger partial charge in [0.15, 0.2) is 0 Å². The summed E-state index contributed by atoms with van der Waals surface area (Å²) in [6, 6.07) is 11.5. The monoisotopic (exact) mass is 232 g/mol. The summed E-state index contributed by atoms with van der Waals surface area (Å²) in [5, 5.41) is 3.55. The molecule has 2 rings (SSSR count). The lowest BCUT2D eigenvalue weighted by molar-refractivity contribution is 0.260. The van der Waals surface area contributed by atoms with Gasteiger partial charge in [0.25, 0.3) is 0 Å². The van der Waals surface area contributed by atoms with E-state index in [9.17, 15) is 0 Å². The van der Waals surface area contributed by atoms with Gasteiger partial charge in [0.05, 0.1) is 0 Å². The van der Waals surface area contributed by atoms with Crippen LogP contribution in [0.1, 0.15) is 31.7 Å². The highest BCUT2D eigenvalue weighted by atomic mass is 15.2. The number of nitrogens with zero attached hydrogens (tertiary/aromatic N) is 1. The lowest BCUT2D eigenvalue weighted by Crippen LogP contribution is -2.37. The van der Waals surface area contributed by atoms with Crippen molar-refractivity contribution >= 4 is 0 Å². The molecule has 1 saturated heterocycles. The van der Waals surface area contributed by atoms with Crippen molar-refractivity contribution in [2.24, 2.45) is 0 Å². The SMILES string of the molecule is CC1CN(CC(C)c2ccccc2)CCCN1. The fourth-order valence-electron chi connectivity index (χ4n) is 2.63. The van der Waals surface area contributed by atoms with Gasteiger partial charge in [-0.2, -0.15) is 0 Å². The van der Waals surface area contributed by atoms with Gasteiger partial charge in [0.2, 0.25) is 0 Å². The van der Waals surface area contributed by atoms with E-state index in [1.165, 1.54) is 31.6 Å². The third-order valence-electron chi connectivity index (χ3n) is 3.58. The summed E-state index contributed by atoms with van der Waals surface area (Å²) in [5.74, 6) is 0.626. The number of hydrogen-bond donors (Lipinski definition) is 1. The van der Waals surface area contributed by atoms with Gasteiger partial charge >= 0.3 is 0 Å². The van der Waals surface area contributed by atoms with Crippen LogP contribution in [0.4, 0.5) is 0 Å². The van der Waals surface area contributed by atoms with Crippen LogP contribution in [0.15, 0.2) is 30.3 Å². The van der Waals surface area contributed by atoms with Gasteiger partial charge in [-0.05, 0) is 37.9 Å². The Morgan fingerprint density at radius 1 is 1.35 bits per heavy atom. The van der Waals surface area contributed by atoms with Crippen LogP contribution in [-0.2, 0) is 0 Å². The molecule has 0 saturated carbocycles. The molecule has 17 heavy (non-hydrogen) atoms. The highest BCUT2D eigenvalue weighted by Gasteiger charge is 2.16. The Morgan fingerprint density at radius 2 is 2.12 bits per heavy atom. The second kappa shape index (κ2) is 6.18. The lowest BCUT2D eigenvalue weighted by Gasteiger charge is -2.25. The number of benzene rings is 1. The molecule has 2 heteroatoms. The highest BCUT2D eigenvalue weighted by Crippen LogP contribution is 2.16. The molecule has 1 heterocycles. The third kappa shape index (κ3) is 3.83. The minimum absolute atomic E-state index is 0.625. The van der Waals surface area contributed by atoms with E-state index in [0.29, 0.717) is 12.0 Å². The van der Waals surface area contributed by atoms with E-state index in [-0.39, 0.29) is 0 Å². The molecule has 2 nitrogen and oxygen atoms in total. The van der Waals surface area contributed by atoms with Gasteiger partial charge in [-0.25, -0.2) is 0 Å². The molecule has 0 amide bonds. The molecule has 1 aromatic carbocycles. The highest BCUT2D eigenvalue weighted by molar-refractivity contribution is 5.19. The van der Waals surface area contributed by atoms with Crippen LogP contribution in [0.2, 0.25) is 0 Å². The van der Waals surface area contributed by atoms with Crippen LogP contribution < -0.4 is 5.32 Å². The molecule has 0 aromatic heterocycles. The van der Waals surface area contributed by atoms with E-state index < -0.39 is 0 Å². The first-order valence-electron chi connectivity index (χ1n) is 6.76. The fourth-order valence-corrected chi connectivity index (χ4v) is 2.63. The first-order valence-corrected chi connectivity index (χ1v) is 6.76. The molecule has 0 bridgehead atoms. The quantitative estimate of drug-likeness (QED) is 0.861. The molecule has 0 spiro atoms. The normalized spacial score (nSPS) is 24.2. The van der Waals surface area contributed by atoms with Crippen molar-refractivity contribution in [3.63, 3.8) is 0 Å². The topological polar surface area (TPSA) is 15.3 Å². The zero-order valence-corrected chi connectivity index (χ0v) is 11.0. The van der Waals surface area contributed by atoms with Crippen molar-refractivity contribution < 1.29 is 0 Å². The Kier molecular flexibility index (Phi) is 4.57. The van der Waals surface area contributed by atoms with Crippen molar-refractivity contribution in [3.8, 4) is 0 Å². The molecule has 1 N–H and O–H groups in total. The van der Waals surface area contributed by atoms with Gasteiger partial charge < -0.3 is 10.2 Å². The zero-order valence-electron chi connectivity index (χ0n) is 11.0. The number of hydrogen-bond acceptors (Lipinski definition) is 2. The average molecular weight is 232 g/mol. The maximum atomic E-state index is 3.55. The second-order valence-electron chi connectivity index (χ2n) is 5.28. The predicted octanol–water partition coefficient (Wildman–Crippen LogP) is 2.47. The zero-order chi connectivity index (χ0) is 12.1. The van der Waals surface area contributed by atoms with E-state index in [2.05, 4.69) is 54.4 Å². The van der Waals surface area contributed by atoms with Gasteiger partial charge in [-0.1, -0.05) is 37.3 Å². The van der Waals surface area contributed by atoms with Crippen LogP contribution in [0.25, 0.3) is 0 Å². The van der Waals surface area contributed by atoms with Crippen molar-refractivity contribution in [2.75, 3.05) is 26.2 Å². The minimum Gasteiger partial charge on any atom is -0.313 e. The summed E-state index contributed by atoms with van der Waals surface area (Å²) >= 11 is 0. The summed E-state index contributed by atoms with van der Waals surface area (Å²) in [5.41, 5.74) is 1.46. The fraction of sp³-hybridized carbons (Fsp3) is 0.600. The summed E-state index contributed by atoms with van der Waals surface area (Å²) in [4.78, 5) is 2.60. The van der Waals surface area contributed by atoms with Gasteiger partial charge in [0, 0.05) is 19.1 Å². The van der Waals surface area contributed by atoms with E-state index in [0.717, 1.165) is 6.54 Å².